The maximum atomic E-state index is 12.2. The number of hydrogen-bond acceptors (Lipinski definition) is 5. The van der Waals surface area contributed by atoms with Crippen LogP contribution in [-0.2, 0) is 9.59 Å². The molecule has 0 aromatic rings. The normalized spacial score (nSPS) is 29.6. The fraction of sp³-hybridized carbons (Fsp3) is 0.857. The van der Waals surface area contributed by atoms with Crippen LogP contribution in [0.1, 0.15) is 25.7 Å². The molecule has 0 aromatic carbocycles. The lowest BCUT2D eigenvalue weighted by molar-refractivity contribution is -0.125. The highest BCUT2D eigenvalue weighted by Gasteiger charge is 2.28. The summed E-state index contributed by atoms with van der Waals surface area (Å²) in [7, 11) is 0. The van der Waals surface area contributed by atoms with Crippen LogP contribution >= 0.6 is 0 Å². The minimum absolute atomic E-state index is 0.0181. The lowest BCUT2D eigenvalue weighted by atomic mass is 9.90. The first-order valence-corrected chi connectivity index (χ1v) is 7.81. The van der Waals surface area contributed by atoms with Gasteiger partial charge < -0.3 is 21.1 Å². The van der Waals surface area contributed by atoms with Gasteiger partial charge in [0.25, 0.3) is 0 Å². The minimum atomic E-state index is -0.0322. The van der Waals surface area contributed by atoms with Gasteiger partial charge in [-0.25, -0.2) is 0 Å². The predicted octanol–water partition coefficient (Wildman–Crippen LogP) is -1.57. The smallest absolute Gasteiger partial charge is 0.234 e. The fourth-order valence-electron chi connectivity index (χ4n) is 3.04. The first kappa shape index (κ1) is 16.2. The van der Waals surface area contributed by atoms with Crippen LogP contribution in [0.15, 0.2) is 0 Å². The molecule has 2 rings (SSSR count). The van der Waals surface area contributed by atoms with Gasteiger partial charge in [-0.05, 0) is 12.8 Å². The summed E-state index contributed by atoms with van der Waals surface area (Å²) >= 11 is 0. The Bertz CT molecular complexity index is 364. The lowest BCUT2D eigenvalue weighted by Gasteiger charge is -2.34. The molecule has 0 radical (unpaired) electrons. The third kappa shape index (κ3) is 5.26. The van der Waals surface area contributed by atoms with Crippen molar-refractivity contribution in [1.82, 2.24) is 20.9 Å². The summed E-state index contributed by atoms with van der Waals surface area (Å²) in [5, 5.41) is 18.2. The van der Waals surface area contributed by atoms with Crippen molar-refractivity contribution < 1.29 is 14.7 Å². The lowest BCUT2D eigenvalue weighted by Crippen LogP contribution is -2.56. The highest BCUT2D eigenvalue weighted by molar-refractivity contribution is 5.80. The van der Waals surface area contributed by atoms with Crippen molar-refractivity contribution in [2.45, 2.75) is 37.8 Å². The number of carbonyl (C=O) groups is 2. The third-order valence-electron chi connectivity index (χ3n) is 4.13. The van der Waals surface area contributed by atoms with Crippen LogP contribution in [0, 0.1) is 0 Å². The Hall–Kier alpha value is -1.18. The molecule has 1 saturated carbocycles. The van der Waals surface area contributed by atoms with Crippen LogP contribution in [0.2, 0.25) is 0 Å². The number of fused-ring (bicyclic) bond motifs is 1. The highest BCUT2D eigenvalue weighted by atomic mass is 16.3. The molecule has 1 aliphatic heterocycles. The summed E-state index contributed by atoms with van der Waals surface area (Å²) in [4.78, 5) is 26.0. The largest absolute Gasteiger partial charge is 0.395 e. The number of amides is 2. The molecule has 1 aliphatic carbocycles. The van der Waals surface area contributed by atoms with E-state index in [9.17, 15) is 9.59 Å². The molecule has 2 unspecified atom stereocenters. The van der Waals surface area contributed by atoms with Crippen molar-refractivity contribution in [2.24, 2.45) is 0 Å². The number of nitrogens with zero attached hydrogens (tertiary/aromatic N) is 1. The van der Waals surface area contributed by atoms with E-state index in [1.807, 2.05) is 4.90 Å². The Morgan fingerprint density at radius 1 is 1.10 bits per heavy atom. The first-order chi connectivity index (χ1) is 10.2. The van der Waals surface area contributed by atoms with E-state index < -0.39 is 0 Å². The third-order valence-corrected chi connectivity index (χ3v) is 4.13. The van der Waals surface area contributed by atoms with E-state index in [1.165, 1.54) is 0 Å². The highest BCUT2D eigenvalue weighted by Crippen LogP contribution is 2.18. The molecule has 2 aliphatic rings. The van der Waals surface area contributed by atoms with Gasteiger partial charge in [-0.3, -0.25) is 14.5 Å². The van der Waals surface area contributed by atoms with Crippen LogP contribution in [0.25, 0.3) is 0 Å². The quantitative estimate of drug-likeness (QED) is 0.494. The minimum Gasteiger partial charge on any atom is -0.395 e. The predicted molar refractivity (Wildman–Crippen MR) is 78.7 cm³/mol. The topological polar surface area (TPSA) is 93.7 Å². The SMILES string of the molecule is O=C1CNCCN(CCO)CC(=O)NC2CCCCC2N1. The summed E-state index contributed by atoms with van der Waals surface area (Å²) in [5.41, 5.74) is 0. The van der Waals surface area contributed by atoms with E-state index in [0.717, 1.165) is 25.7 Å². The number of nitrogens with one attached hydrogen (secondary N) is 3. The summed E-state index contributed by atoms with van der Waals surface area (Å²) in [6, 6.07) is 0.0494. The van der Waals surface area contributed by atoms with Crippen molar-refractivity contribution in [2.75, 3.05) is 39.3 Å². The molecule has 2 fully saturated rings. The average Bonchev–Trinajstić information content (AvgIpc) is 2.44. The number of rotatable bonds is 2. The molecule has 7 heteroatoms. The first-order valence-electron chi connectivity index (χ1n) is 7.81. The van der Waals surface area contributed by atoms with Gasteiger partial charge in [0.2, 0.25) is 11.8 Å². The van der Waals surface area contributed by atoms with Gasteiger partial charge in [0.1, 0.15) is 0 Å². The molecule has 4 N–H and O–H groups in total. The van der Waals surface area contributed by atoms with Crippen molar-refractivity contribution >= 4 is 11.8 Å². The standard InChI is InChI=1S/C14H26N4O3/c19-8-7-18-6-5-15-9-13(20)16-11-3-1-2-4-12(11)17-14(21)10-18/h11-12,15,19H,1-10H2,(H,16,20)(H,17,21). The maximum absolute atomic E-state index is 12.2. The average molecular weight is 298 g/mol. The van der Waals surface area contributed by atoms with Crippen LogP contribution < -0.4 is 16.0 Å². The molecule has 120 valence electrons. The van der Waals surface area contributed by atoms with E-state index in [2.05, 4.69) is 16.0 Å². The van der Waals surface area contributed by atoms with Gasteiger partial charge in [0.15, 0.2) is 0 Å². The van der Waals surface area contributed by atoms with Gasteiger partial charge in [-0.2, -0.15) is 0 Å². The number of aliphatic hydroxyl groups excluding tert-OH is 1. The van der Waals surface area contributed by atoms with Crippen molar-refractivity contribution in [3.05, 3.63) is 0 Å². The molecule has 7 nitrogen and oxygen atoms in total. The van der Waals surface area contributed by atoms with Crippen molar-refractivity contribution in [1.29, 1.82) is 0 Å². The summed E-state index contributed by atoms with van der Waals surface area (Å²) in [5.74, 6) is -0.0504. The second-order valence-corrected chi connectivity index (χ2v) is 5.81. The molecule has 0 bridgehead atoms. The van der Waals surface area contributed by atoms with Crippen LogP contribution in [0.4, 0.5) is 0 Å². The van der Waals surface area contributed by atoms with Gasteiger partial charge >= 0.3 is 0 Å². The Labute approximate surface area is 125 Å². The summed E-state index contributed by atoms with van der Waals surface area (Å²) in [6.07, 6.45) is 3.98. The van der Waals surface area contributed by atoms with Gasteiger partial charge in [-0.1, -0.05) is 12.8 Å². The number of hydrogen-bond donors (Lipinski definition) is 4. The van der Waals surface area contributed by atoms with Gasteiger partial charge in [-0.15, -0.1) is 0 Å². The number of β-amino-alcohol motifs (C(OH)–C–C–N with tert-alkyl or cyclic N) is 1. The van der Waals surface area contributed by atoms with Crippen LogP contribution in [0.3, 0.4) is 0 Å². The van der Waals surface area contributed by atoms with Gasteiger partial charge in [0, 0.05) is 31.7 Å². The van der Waals surface area contributed by atoms with E-state index in [4.69, 9.17) is 5.11 Å². The van der Waals surface area contributed by atoms with Crippen molar-refractivity contribution in [3.63, 3.8) is 0 Å². The van der Waals surface area contributed by atoms with E-state index in [0.29, 0.717) is 32.7 Å². The number of aliphatic hydroxyl groups is 1. The molecule has 0 aromatic heterocycles. The second kappa shape index (κ2) is 8.31. The zero-order valence-electron chi connectivity index (χ0n) is 12.4. The Morgan fingerprint density at radius 3 is 2.43 bits per heavy atom. The Balaban J connectivity index is 2.00. The number of carbonyl (C=O) groups excluding carboxylic acids is 2. The molecule has 1 saturated heterocycles. The van der Waals surface area contributed by atoms with E-state index in [1.54, 1.807) is 0 Å². The Morgan fingerprint density at radius 2 is 1.76 bits per heavy atom. The fourth-order valence-corrected chi connectivity index (χ4v) is 3.04. The summed E-state index contributed by atoms with van der Waals surface area (Å²) < 4.78 is 0. The Kier molecular flexibility index (Phi) is 6.41. The molecule has 21 heavy (non-hydrogen) atoms. The molecular weight excluding hydrogens is 272 g/mol. The van der Waals surface area contributed by atoms with E-state index >= 15 is 0 Å². The monoisotopic (exact) mass is 298 g/mol. The molecule has 0 spiro atoms. The van der Waals surface area contributed by atoms with Crippen LogP contribution in [0.5, 0.6) is 0 Å². The maximum Gasteiger partial charge on any atom is 0.234 e. The zero-order chi connectivity index (χ0) is 15.1. The molecule has 2 atom stereocenters. The molecule has 2 amide bonds. The van der Waals surface area contributed by atoms with E-state index in [-0.39, 0.29) is 30.5 Å². The molecular formula is C14H26N4O3. The zero-order valence-corrected chi connectivity index (χ0v) is 12.4. The second-order valence-electron chi connectivity index (χ2n) is 5.81. The van der Waals surface area contributed by atoms with Gasteiger partial charge in [0.05, 0.1) is 19.7 Å². The van der Waals surface area contributed by atoms with Crippen LogP contribution in [-0.4, -0.2) is 73.2 Å². The summed E-state index contributed by atoms with van der Waals surface area (Å²) in [6.45, 7) is 2.34. The van der Waals surface area contributed by atoms with Crippen molar-refractivity contribution in [3.8, 4) is 0 Å². The molecule has 1 heterocycles.